The average Bonchev–Trinajstić information content (AvgIpc) is 3.03. The van der Waals surface area contributed by atoms with E-state index in [-0.39, 0.29) is 14.9 Å². The zero-order valence-electron chi connectivity index (χ0n) is 25.5. The van der Waals surface area contributed by atoms with Gasteiger partial charge in [-0.25, -0.2) is 10.7 Å². The molecule has 0 spiro atoms. The third-order valence-corrected chi connectivity index (χ3v) is 6.67. The molecular formula is C33H58N2O7. The molecule has 3 rings (SSSR count). The number of rotatable bonds is 18. The van der Waals surface area contributed by atoms with Crippen molar-refractivity contribution >= 4 is 5.97 Å². The largest absolute Gasteiger partial charge is 0.462 e. The van der Waals surface area contributed by atoms with Crippen molar-refractivity contribution < 1.29 is 37.6 Å². The van der Waals surface area contributed by atoms with Gasteiger partial charge in [0.1, 0.15) is 17.6 Å². The number of esters is 1. The molecule has 9 heteroatoms. The molecule has 0 aliphatic carbocycles. The molecule has 0 aromatic heterocycles. The second-order valence-electron chi connectivity index (χ2n) is 10.3. The van der Waals surface area contributed by atoms with Crippen LogP contribution < -0.4 is 20.4 Å². The number of nitrogens with one attached hydrogen (secondary N) is 2. The molecule has 1 aliphatic heterocycles. The van der Waals surface area contributed by atoms with Gasteiger partial charge in [-0.15, -0.1) is 0 Å². The SMILES string of the molecule is CCCCCCNO.O=C(CCCCCCCCCO)OC1CCNCC1.OOc1ccc(Oc2ccccc2)cc1.[HH].[HH]. The molecule has 1 heterocycles. The molecule has 42 heavy (non-hydrogen) atoms. The number of hydrogen-bond acceptors (Lipinski definition) is 9. The Kier molecular flexibility index (Phi) is 24.1. The second kappa shape index (κ2) is 27.2. The van der Waals surface area contributed by atoms with Gasteiger partial charge in [-0.2, -0.15) is 0 Å². The molecule has 9 nitrogen and oxygen atoms in total. The first-order chi connectivity index (χ1) is 20.6. The highest BCUT2D eigenvalue weighted by Crippen LogP contribution is 2.23. The van der Waals surface area contributed by atoms with Crippen LogP contribution >= 0.6 is 0 Å². The van der Waals surface area contributed by atoms with Crippen LogP contribution in [0.25, 0.3) is 0 Å². The van der Waals surface area contributed by atoms with Gasteiger partial charge in [0, 0.05) is 22.4 Å². The van der Waals surface area contributed by atoms with Crippen molar-refractivity contribution in [3.8, 4) is 17.2 Å². The number of benzene rings is 2. The molecule has 0 atom stereocenters. The highest BCUT2D eigenvalue weighted by atomic mass is 17.1. The lowest BCUT2D eigenvalue weighted by Gasteiger charge is -2.22. The first-order valence-electron chi connectivity index (χ1n) is 15.6. The van der Waals surface area contributed by atoms with Crippen molar-refractivity contribution in [3.63, 3.8) is 0 Å². The Morgan fingerprint density at radius 2 is 1.40 bits per heavy atom. The minimum atomic E-state index is -0.0211. The topological polar surface area (TPSA) is 130 Å². The number of hydrogen-bond donors (Lipinski definition) is 5. The smallest absolute Gasteiger partial charge is 0.306 e. The van der Waals surface area contributed by atoms with Crippen LogP contribution in [0.3, 0.4) is 0 Å². The normalized spacial score (nSPS) is 12.8. The molecule has 0 saturated carbocycles. The van der Waals surface area contributed by atoms with Gasteiger partial charge in [-0.05, 0) is 81.6 Å². The Morgan fingerprint density at radius 3 is 2.00 bits per heavy atom. The number of piperidine rings is 1. The van der Waals surface area contributed by atoms with E-state index in [9.17, 15) is 4.79 Å². The number of ether oxygens (including phenoxy) is 2. The van der Waals surface area contributed by atoms with E-state index in [4.69, 9.17) is 25.0 Å². The van der Waals surface area contributed by atoms with E-state index in [1.165, 1.54) is 38.5 Å². The predicted molar refractivity (Wildman–Crippen MR) is 170 cm³/mol. The molecule has 242 valence electrons. The molecule has 1 aliphatic rings. The number of carbonyl (C=O) groups excluding carboxylic acids is 1. The fraction of sp³-hybridized carbons (Fsp3) is 0.606. The number of para-hydroxylation sites is 1. The van der Waals surface area contributed by atoms with Gasteiger partial charge in [-0.1, -0.05) is 76.5 Å². The zero-order valence-corrected chi connectivity index (χ0v) is 25.5. The lowest BCUT2D eigenvalue weighted by Crippen LogP contribution is -2.33. The van der Waals surface area contributed by atoms with Crippen LogP contribution in [-0.4, -0.2) is 53.9 Å². The molecule has 0 radical (unpaired) electrons. The first-order valence-corrected chi connectivity index (χ1v) is 15.6. The van der Waals surface area contributed by atoms with Crippen LogP contribution in [0.4, 0.5) is 0 Å². The summed E-state index contributed by atoms with van der Waals surface area (Å²) in [6.07, 6.45) is 15.2. The highest BCUT2D eigenvalue weighted by molar-refractivity contribution is 5.69. The third kappa shape index (κ3) is 21.1. The summed E-state index contributed by atoms with van der Waals surface area (Å²) >= 11 is 0. The van der Waals surface area contributed by atoms with E-state index in [1.54, 1.807) is 24.3 Å². The van der Waals surface area contributed by atoms with Crippen LogP contribution in [-0.2, 0) is 9.53 Å². The van der Waals surface area contributed by atoms with E-state index in [0.717, 1.165) is 70.3 Å². The monoisotopic (exact) mass is 594 g/mol. The van der Waals surface area contributed by atoms with Gasteiger partial charge in [0.15, 0.2) is 5.75 Å². The van der Waals surface area contributed by atoms with Gasteiger partial charge in [0.25, 0.3) is 0 Å². The lowest BCUT2D eigenvalue weighted by molar-refractivity contribution is -0.150. The van der Waals surface area contributed by atoms with Gasteiger partial charge in [-0.3, -0.25) is 4.79 Å². The van der Waals surface area contributed by atoms with Crippen molar-refractivity contribution in [2.75, 3.05) is 26.2 Å². The van der Waals surface area contributed by atoms with E-state index in [2.05, 4.69) is 22.6 Å². The summed E-state index contributed by atoms with van der Waals surface area (Å²) < 4.78 is 11.0. The average molecular weight is 595 g/mol. The maximum Gasteiger partial charge on any atom is 0.306 e. The number of aliphatic hydroxyl groups is 1. The summed E-state index contributed by atoms with van der Waals surface area (Å²) in [7, 11) is 0. The Hall–Kier alpha value is -2.69. The third-order valence-electron chi connectivity index (χ3n) is 6.67. The molecular weight excluding hydrogens is 536 g/mol. The molecule has 1 fully saturated rings. The summed E-state index contributed by atoms with van der Waals surface area (Å²) in [5.41, 5.74) is 2.13. The number of hydroxylamine groups is 1. The van der Waals surface area contributed by atoms with Crippen molar-refractivity contribution in [2.45, 2.75) is 103 Å². The zero-order chi connectivity index (χ0) is 30.5. The first kappa shape index (κ1) is 37.3. The minimum absolute atomic E-state index is 0. The summed E-state index contributed by atoms with van der Waals surface area (Å²) in [5, 5.41) is 28.4. The van der Waals surface area contributed by atoms with Crippen LogP contribution in [0, 0.1) is 0 Å². The summed E-state index contributed by atoms with van der Waals surface area (Å²) in [5.74, 6) is 1.83. The minimum Gasteiger partial charge on any atom is -0.462 e. The molecule has 2 aromatic carbocycles. The molecule has 0 bridgehead atoms. The summed E-state index contributed by atoms with van der Waals surface area (Å²) in [6, 6.07) is 16.2. The van der Waals surface area contributed by atoms with Crippen molar-refractivity contribution in [3.05, 3.63) is 54.6 Å². The van der Waals surface area contributed by atoms with Crippen LogP contribution in [0.5, 0.6) is 17.2 Å². The van der Waals surface area contributed by atoms with Gasteiger partial charge in [0.05, 0.1) is 0 Å². The van der Waals surface area contributed by atoms with Crippen LogP contribution in [0.15, 0.2) is 54.6 Å². The molecule has 0 unspecified atom stereocenters. The summed E-state index contributed by atoms with van der Waals surface area (Å²) in [6.45, 7) is 5.15. The fourth-order valence-electron chi connectivity index (χ4n) is 4.25. The van der Waals surface area contributed by atoms with Crippen molar-refractivity contribution in [2.24, 2.45) is 0 Å². The van der Waals surface area contributed by atoms with E-state index in [0.29, 0.717) is 24.5 Å². The second-order valence-corrected chi connectivity index (χ2v) is 10.3. The number of unbranched alkanes of at least 4 members (excludes halogenated alkanes) is 9. The molecule has 2 aromatic rings. The Labute approximate surface area is 255 Å². The fourth-order valence-corrected chi connectivity index (χ4v) is 4.25. The van der Waals surface area contributed by atoms with E-state index >= 15 is 0 Å². The molecule has 0 amide bonds. The van der Waals surface area contributed by atoms with Gasteiger partial charge < -0.3 is 30.0 Å². The Bertz CT molecular complexity index is 868. The standard InChI is InChI=1S/C15H29NO3.C12H10O3.C6H15NO.2H2/c17-13-7-5-3-1-2-4-6-8-15(18)19-14-9-11-16-12-10-14;13-15-12-8-6-11(7-9-12)14-10-4-2-1-3-5-10;1-2-3-4-5-6-7-8;;/h14,16-17H,1-13H2;1-9,13H;7-8H,2-6H2,1H3;2*1H. The van der Waals surface area contributed by atoms with Crippen molar-refractivity contribution in [1.29, 1.82) is 0 Å². The quantitative estimate of drug-likeness (QED) is 0.0509. The van der Waals surface area contributed by atoms with Crippen LogP contribution in [0.2, 0.25) is 0 Å². The predicted octanol–water partition coefficient (Wildman–Crippen LogP) is 7.76. The van der Waals surface area contributed by atoms with Crippen LogP contribution in [0.1, 0.15) is 99.7 Å². The van der Waals surface area contributed by atoms with Gasteiger partial charge in [0.2, 0.25) is 0 Å². The Balaban J connectivity index is 0. The number of carbonyl (C=O) groups is 1. The Morgan fingerprint density at radius 1 is 0.833 bits per heavy atom. The van der Waals surface area contributed by atoms with Crippen molar-refractivity contribution in [1.82, 2.24) is 10.8 Å². The van der Waals surface area contributed by atoms with Gasteiger partial charge >= 0.3 is 5.97 Å². The number of aliphatic hydroxyl groups excluding tert-OH is 1. The lowest BCUT2D eigenvalue weighted by atomic mass is 10.1. The maximum atomic E-state index is 11.6. The summed E-state index contributed by atoms with van der Waals surface area (Å²) in [4.78, 5) is 15.7. The maximum absolute atomic E-state index is 11.6. The van der Waals surface area contributed by atoms with E-state index < -0.39 is 0 Å². The molecule has 5 N–H and O–H groups in total. The molecule has 1 saturated heterocycles. The van der Waals surface area contributed by atoms with E-state index in [1.807, 2.05) is 30.3 Å². The highest BCUT2D eigenvalue weighted by Gasteiger charge is 2.16.